The lowest BCUT2D eigenvalue weighted by Gasteiger charge is -2.14. The summed E-state index contributed by atoms with van der Waals surface area (Å²) in [6.45, 7) is 0.860. The van der Waals surface area contributed by atoms with Crippen LogP contribution in [0.2, 0.25) is 0 Å². The summed E-state index contributed by atoms with van der Waals surface area (Å²) in [4.78, 5) is 15.9. The number of nitriles is 1. The Morgan fingerprint density at radius 3 is 3.00 bits per heavy atom. The summed E-state index contributed by atoms with van der Waals surface area (Å²) >= 11 is 0. The molecule has 0 saturated carbocycles. The largest absolute Gasteiger partial charge is 0.487 e. The van der Waals surface area contributed by atoms with Gasteiger partial charge in [-0.2, -0.15) is 5.26 Å². The van der Waals surface area contributed by atoms with Crippen molar-refractivity contribution in [3.8, 4) is 11.8 Å². The van der Waals surface area contributed by atoms with Gasteiger partial charge in [0.1, 0.15) is 23.6 Å². The van der Waals surface area contributed by atoms with Gasteiger partial charge >= 0.3 is 6.09 Å². The molecule has 6 heteroatoms. The van der Waals surface area contributed by atoms with Crippen LogP contribution in [-0.2, 0) is 0 Å². The Hall–Kier alpha value is -2.29. The highest BCUT2D eigenvalue weighted by Gasteiger charge is 2.27. The van der Waals surface area contributed by atoms with E-state index in [0.29, 0.717) is 31.0 Å². The minimum atomic E-state index is -0.922. The molecule has 0 radical (unpaired) electrons. The maximum absolute atomic E-state index is 10.7. The number of carbonyl (C=O) groups is 1. The van der Waals surface area contributed by atoms with E-state index in [1.165, 1.54) is 11.1 Å². The van der Waals surface area contributed by atoms with Crippen LogP contribution in [0.4, 0.5) is 4.79 Å². The van der Waals surface area contributed by atoms with Gasteiger partial charge < -0.3 is 14.7 Å². The van der Waals surface area contributed by atoms with E-state index in [-0.39, 0.29) is 6.10 Å². The maximum atomic E-state index is 10.7. The van der Waals surface area contributed by atoms with Gasteiger partial charge in [-0.25, -0.2) is 9.78 Å². The van der Waals surface area contributed by atoms with E-state index >= 15 is 0 Å². The van der Waals surface area contributed by atoms with Crippen molar-refractivity contribution in [3.05, 3.63) is 24.0 Å². The first-order valence-electron chi connectivity index (χ1n) is 5.19. The Morgan fingerprint density at radius 1 is 1.65 bits per heavy atom. The molecule has 1 unspecified atom stereocenters. The molecule has 1 atom stereocenters. The van der Waals surface area contributed by atoms with Crippen molar-refractivity contribution in [2.24, 2.45) is 0 Å². The average Bonchev–Trinajstić information content (AvgIpc) is 2.79. The van der Waals surface area contributed by atoms with E-state index < -0.39 is 6.09 Å². The minimum Gasteiger partial charge on any atom is -0.487 e. The van der Waals surface area contributed by atoms with E-state index in [2.05, 4.69) is 4.98 Å². The monoisotopic (exact) mass is 233 g/mol. The van der Waals surface area contributed by atoms with Crippen LogP contribution in [-0.4, -0.2) is 40.3 Å². The summed E-state index contributed by atoms with van der Waals surface area (Å²) in [6.07, 6.45) is 1.09. The molecule has 0 aliphatic carbocycles. The van der Waals surface area contributed by atoms with Crippen molar-refractivity contribution in [1.82, 2.24) is 9.88 Å². The lowest BCUT2D eigenvalue weighted by molar-refractivity contribution is 0.145. The van der Waals surface area contributed by atoms with Crippen LogP contribution >= 0.6 is 0 Å². The van der Waals surface area contributed by atoms with E-state index in [1.54, 1.807) is 12.1 Å². The van der Waals surface area contributed by atoms with Gasteiger partial charge in [0.2, 0.25) is 0 Å². The topological polar surface area (TPSA) is 86.5 Å². The highest BCUT2D eigenvalue weighted by molar-refractivity contribution is 5.65. The normalized spacial score (nSPS) is 18.8. The fraction of sp³-hybridized carbons (Fsp3) is 0.364. The van der Waals surface area contributed by atoms with Crippen LogP contribution in [0, 0.1) is 11.3 Å². The summed E-state index contributed by atoms with van der Waals surface area (Å²) in [5.41, 5.74) is 0.330. The van der Waals surface area contributed by atoms with E-state index in [4.69, 9.17) is 15.1 Å². The third-order valence-electron chi connectivity index (χ3n) is 2.57. The molecule has 1 aromatic heterocycles. The number of pyridine rings is 1. The summed E-state index contributed by atoms with van der Waals surface area (Å²) in [5, 5.41) is 17.4. The number of ether oxygens (including phenoxy) is 1. The fourth-order valence-corrected chi connectivity index (χ4v) is 1.71. The van der Waals surface area contributed by atoms with Crippen molar-refractivity contribution in [2.45, 2.75) is 12.5 Å². The van der Waals surface area contributed by atoms with Crippen LogP contribution in [0.5, 0.6) is 5.75 Å². The summed E-state index contributed by atoms with van der Waals surface area (Å²) < 4.78 is 5.58. The second kappa shape index (κ2) is 4.70. The number of likely N-dealkylation sites (tertiary alicyclic amines) is 1. The number of hydrogen-bond acceptors (Lipinski definition) is 4. The zero-order chi connectivity index (χ0) is 12.3. The quantitative estimate of drug-likeness (QED) is 0.826. The van der Waals surface area contributed by atoms with E-state index in [9.17, 15) is 4.79 Å². The Bertz CT molecular complexity index is 452. The molecule has 2 rings (SSSR count). The lowest BCUT2D eigenvalue weighted by atomic mass is 10.3. The molecule has 0 spiro atoms. The molecule has 6 nitrogen and oxygen atoms in total. The number of aromatic nitrogens is 1. The molecule has 1 N–H and O–H groups in total. The van der Waals surface area contributed by atoms with Gasteiger partial charge in [0.15, 0.2) is 0 Å². The zero-order valence-electron chi connectivity index (χ0n) is 9.04. The fourth-order valence-electron chi connectivity index (χ4n) is 1.71. The van der Waals surface area contributed by atoms with Gasteiger partial charge in [0, 0.05) is 13.0 Å². The molecule has 1 amide bonds. The second-order valence-electron chi connectivity index (χ2n) is 3.75. The van der Waals surface area contributed by atoms with Crippen molar-refractivity contribution >= 4 is 6.09 Å². The Balaban J connectivity index is 1.94. The van der Waals surface area contributed by atoms with Crippen LogP contribution < -0.4 is 4.74 Å². The summed E-state index contributed by atoms with van der Waals surface area (Å²) in [5.74, 6) is 0.557. The molecule has 0 aromatic carbocycles. The molecule has 2 heterocycles. The van der Waals surface area contributed by atoms with Gasteiger partial charge in [0.25, 0.3) is 0 Å². The summed E-state index contributed by atoms with van der Waals surface area (Å²) in [7, 11) is 0. The molecule has 17 heavy (non-hydrogen) atoms. The molecular formula is C11H11N3O3. The Labute approximate surface area is 98.1 Å². The molecule has 1 aliphatic rings. The number of hydrogen-bond donors (Lipinski definition) is 1. The molecule has 0 bridgehead atoms. The Morgan fingerprint density at radius 2 is 2.47 bits per heavy atom. The second-order valence-corrected chi connectivity index (χ2v) is 3.75. The number of rotatable bonds is 2. The van der Waals surface area contributed by atoms with Crippen LogP contribution in [0.3, 0.4) is 0 Å². The maximum Gasteiger partial charge on any atom is 0.407 e. The highest BCUT2D eigenvalue weighted by atomic mass is 16.5. The minimum absolute atomic E-state index is 0.138. The zero-order valence-corrected chi connectivity index (χ0v) is 9.04. The number of carboxylic acid groups (broad SMARTS) is 1. The van der Waals surface area contributed by atoms with Gasteiger partial charge in [0.05, 0.1) is 12.7 Å². The molecule has 1 aromatic rings. The molecule has 88 valence electrons. The van der Waals surface area contributed by atoms with Crippen molar-refractivity contribution < 1.29 is 14.6 Å². The predicted molar refractivity (Wildman–Crippen MR) is 57.6 cm³/mol. The van der Waals surface area contributed by atoms with Gasteiger partial charge in [-0.15, -0.1) is 0 Å². The average molecular weight is 233 g/mol. The van der Waals surface area contributed by atoms with Crippen LogP contribution in [0.25, 0.3) is 0 Å². The molecule has 1 saturated heterocycles. The third kappa shape index (κ3) is 2.64. The standard InChI is InChI=1S/C11H11N3O3/c12-5-8-1-2-9(6-13-8)17-10-3-4-14(7-10)11(15)16/h1-2,6,10H,3-4,7H2,(H,15,16). The summed E-state index contributed by atoms with van der Waals surface area (Å²) in [6, 6.07) is 5.15. The smallest absolute Gasteiger partial charge is 0.407 e. The van der Waals surface area contributed by atoms with Crippen molar-refractivity contribution in [3.63, 3.8) is 0 Å². The van der Waals surface area contributed by atoms with E-state index in [0.717, 1.165) is 0 Å². The van der Waals surface area contributed by atoms with Crippen molar-refractivity contribution in [2.75, 3.05) is 13.1 Å². The van der Waals surface area contributed by atoms with Crippen molar-refractivity contribution in [1.29, 1.82) is 5.26 Å². The lowest BCUT2D eigenvalue weighted by Crippen LogP contribution is -2.29. The Kier molecular flexibility index (Phi) is 3.10. The first-order valence-corrected chi connectivity index (χ1v) is 5.19. The van der Waals surface area contributed by atoms with Gasteiger partial charge in [-0.05, 0) is 12.1 Å². The third-order valence-corrected chi connectivity index (χ3v) is 2.57. The van der Waals surface area contributed by atoms with E-state index in [1.807, 2.05) is 6.07 Å². The predicted octanol–water partition coefficient (Wildman–Crippen LogP) is 1.08. The number of amides is 1. The SMILES string of the molecule is N#Cc1ccc(OC2CCN(C(=O)O)C2)cn1. The van der Waals surface area contributed by atoms with Crippen LogP contribution in [0.15, 0.2) is 18.3 Å². The highest BCUT2D eigenvalue weighted by Crippen LogP contribution is 2.17. The first kappa shape index (κ1) is 11.2. The molecule has 1 aliphatic heterocycles. The molecular weight excluding hydrogens is 222 g/mol. The number of nitrogens with zero attached hydrogens (tertiary/aromatic N) is 3. The first-order chi connectivity index (χ1) is 8.19. The molecule has 1 fully saturated rings. The van der Waals surface area contributed by atoms with Gasteiger partial charge in [-0.1, -0.05) is 0 Å². The van der Waals surface area contributed by atoms with Gasteiger partial charge in [-0.3, -0.25) is 0 Å². The van der Waals surface area contributed by atoms with Crippen LogP contribution in [0.1, 0.15) is 12.1 Å².